The molecule has 2 N–H and O–H groups in total. The summed E-state index contributed by atoms with van der Waals surface area (Å²) in [5.74, 6) is 2.74. The lowest BCUT2D eigenvalue weighted by atomic mass is 9.99. The maximum absolute atomic E-state index is 11.6. The van der Waals surface area contributed by atoms with Gasteiger partial charge in [0.05, 0.1) is 7.11 Å². The van der Waals surface area contributed by atoms with E-state index in [1.54, 1.807) is 7.11 Å². The second-order valence-corrected chi connectivity index (χ2v) is 6.80. The predicted octanol–water partition coefficient (Wildman–Crippen LogP) is 2.64. The molecule has 0 radical (unpaired) electrons. The van der Waals surface area contributed by atoms with Crippen molar-refractivity contribution >= 4 is 35.8 Å². The Morgan fingerprint density at radius 3 is 2.57 bits per heavy atom. The van der Waals surface area contributed by atoms with Gasteiger partial charge in [0.15, 0.2) is 24.1 Å². The van der Waals surface area contributed by atoms with E-state index in [0.29, 0.717) is 24.6 Å². The monoisotopic (exact) mass is 504 g/mol. The van der Waals surface area contributed by atoms with Crippen LogP contribution in [-0.4, -0.2) is 57.2 Å². The molecule has 8 heteroatoms. The Labute approximate surface area is 185 Å². The number of piperidine rings is 1. The zero-order valence-corrected chi connectivity index (χ0v) is 19.6. The number of halogens is 1. The van der Waals surface area contributed by atoms with Gasteiger partial charge in [0.2, 0.25) is 0 Å². The van der Waals surface area contributed by atoms with E-state index < -0.39 is 0 Å². The van der Waals surface area contributed by atoms with Gasteiger partial charge in [0.25, 0.3) is 5.91 Å². The number of ether oxygens (including phenoxy) is 2. The molecule has 28 heavy (non-hydrogen) atoms. The molecule has 0 unspecified atom stereocenters. The number of rotatable bonds is 7. The Morgan fingerprint density at radius 1 is 1.25 bits per heavy atom. The van der Waals surface area contributed by atoms with Gasteiger partial charge in [-0.05, 0) is 43.4 Å². The van der Waals surface area contributed by atoms with Crippen LogP contribution in [0.1, 0.15) is 32.3 Å². The molecule has 1 heterocycles. The maximum atomic E-state index is 11.6. The summed E-state index contributed by atoms with van der Waals surface area (Å²) in [7, 11) is 3.42. The van der Waals surface area contributed by atoms with Crippen LogP contribution in [0.15, 0.2) is 23.2 Å². The number of carbonyl (C=O) groups excluding carboxylic acids is 1. The lowest BCUT2D eigenvalue weighted by Gasteiger charge is -2.33. The van der Waals surface area contributed by atoms with E-state index in [-0.39, 0.29) is 36.5 Å². The summed E-state index contributed by atoms with van der Waals surface area (Å²) in [6, 6.07) is 5.72. The quantitative estimate of drug-likeness (QED) is 0.340. The van der Waals surface area contributed by atoms with E-state index in [0.717, 1.165) is 30.5 Å². The first-order valence-corrected chi connectivity index (χ1v) is 9.59. The third-order valence-corrected chi connectivity index (χ3v) is 4.71. The number of hydrogen-bond donors (Lipinski definition) is 2. The molecule has 1 aromatic carbocycles. The molecule has 7 nitrogen and oxygen atoms in total. The average Bonchev–Trinajstić information content (AvgIpc) is 2.68. The van der Waals surface area contributed by atoms with Gasteiger partial charge in [-0.2, -0.15) is 0 Å². The van der Waals surface area contributed by atoms with E-state index in [1.165, 1.54) is 12.8 Å². The molecule has 1 saturated heterocycles. The van der Waals surface area contributed by atoms with Gasteiger partial charge in [-0.15, -0.1) is 24.0 Å². The van der Waals surface area contributed by atoms with E-state index in [9.17, 15) is 4.79 Å². The van der Waals surface area contributed by atoms with Crippen LogP contribution in [0.4, 0.5) is 0 Å². The fourth-order valence-electron chi connectivity index (χ4n) is 3.07. The van der Waals surface area contributed by atoms with Crippen molar-refractivity contribution in [3.8, 4) is 11.5 Å². The van der Waals surface area contributed by atoms with E-state index >= 15 is 0 Å². The summed E-state index contributed by atoms with van der Waals surface area (Å²) in [5, 5.41) is 6.13. The number of nitrogens with one attached hydrogen (secondary N) is 2. The Balaban J connectivity index is 0.00000392. The lowest BCUT2D eigenvalue weighted by Crippen LogP contribution is -2.45. The second kappa shape index (κ2) is 12.7. The van der Waals surface area contributed by atoms with Crippen LogP contribution in [0.5, 0.6) is 11.5 Å². The number of hydrogen-bond acceptors (Lipinski definition) is 4. The Bertz CT molecular complexity index is 646. The number of aliphatic imine (C=N–C) groups is 1. The van der Waals surface area contributed by atoms with Crippen LogP contribution in [-0.2, 0) is 11.3 Å². The zero-order valence-electron chi connectivity index (χ0n) is 17.3. The molecule has 0 aliphatic carbocycles. The van der Waals surface area contributed by atoms with Crippen LogP contribution in [0.2, 0.25) is 0 Å². The Morgan fingerprint density at radius 2 is 1.96 bits per heavy atom. The van der Waals surface area contributed by atoms with Gasteiger partial charge in [-0.25, -0.2) is 0 Å². The molecule has 0 spiro atoms. The first-order valence-electron chi connectivity index (χ1n) is 9.59. The van der Waals surface area contributed by atoms with Crippen molar-refractivity contribution in [3.63, 3.8) is 0 Å². The molecule has 1 fully saturated rings. The summed E-state index contributed by atoms with van der Waals surface area (Å²) >= 11 is 0. The number of amides is 1. The van der Waals surface area contributed by atoms with E-state index in [2.05, 4.69) is 27.4 Å². The highest BCUT2D eigenvalue weighted by atomic mass is 127. The van der Waals surface area contributed by atoms with Gasteiger partial charge >= 0.3 is 0 Å². The van der Waals surface area contributed by atoms with Gasteiger partial charge in [-0.3, -0.25) is 9.79 Å². The third-order valence-electron chi connectivity index (χ3n) is 4.71. The smallest absolute Gasteiger partial charge is 0.257 e. The largest absolute Gasteiger partial charge is 0.493 e. The molecular weight excluding hydrogens is 471 g/mol. The number of benzene rings is 1. The summed E-state index contributed by atoms with van der Waals surface area (Å²) in [4.78, 5) is 18.3. The number of guanidine groups is 1. The molecular formula is C20H33IN4O3. The molecule has 0 saturated carbocycles. The number of nitrogens with zero attached hydrogens (tertiary/aromatic N) is 2. The molecule has 1 aromatic rings. The number of carbonyl (C=O) groups is 1. The zero-order chi connectivity index (χ0) is 19.6. The Hall–Kier alpha value is -1.71. The van der Waals surface area contributed by atoms with Gasteiger partial charge in [-0.1, -0.05) is 13.0 Å². The standard InChI is InChI=1S/C20H32N4O3.HI/c1-5-22-19(25)14-27-17-7-6-16(12-18(17)26-4)13-23-20(21-3)24-10-8-15(2)9-11-24;/h6-7,12,15H,5,8-11,13-14H2,1-4H3,(H,21,23)(H,22,25);1H. The fraction of sp³-hybridized carbons (Fsp3) is 0.600. The minimum atomic E-state index is -0.148. The number of likely N-dealkylation sites (N-methyl/N-ethyl adjacent to an activating group) is 1. The third kappa shape index (κ3) is 7.37. The molecule has 1 aliphatic heterocycles. The van der Waals surface area contributed by atoms with Crippen molar-refractivity contribution in [1.29, 1.82) is 0 Å². The molecule has 0 atom stereocenters. The number of methoxy groups -OCH3 is 1. The highest BCUT2D eigenvalue weighted by molar-refractivity contribution is 14.0. The molecule has 1 amide bonds. The molecule has 2 rings (SSSR count). The highest BCUT2D eigenvalue weighted by Gasteiger charge is 2.18. The second-order valence-electron chi connectivity index (χ2n) is 6.80. The van der Waals surface area contributed by atoms with Crippen molar-refractivity contribution < 1.29 is 14.3 Å². The van der Waals surface area contributed by atoms with E-state index in [4.69, 9.17) is 9.47 Å². The van der Waals surface area contributed by atoms with Crippen LogP contribution in [0, 0.1) is 5.92 Å². The molecule has 158 valence electrons. The van der Waals surface area contributed by atoms with Crippen LogP contribution < -0.4 is 20.1 Å². The summed E-state index contributed by atoms with van der Waals surface area (Å²) in [5.41, 5.74) is 1.06. The highest BCUT2D eigenvalue weighted by Crippen LogP contribution is 2.28. The average molecular weight is 504 g/mol. The van der Waals surface area contributed by atoms with Gasteiger partial charge in [0, 0.05) is 33.2 Å². The van der Waals surface area contributed by atoms with Crippen molar-refractivity contribution in [2.75, 3.05) is 40.4 Å². The molecule has 0 bridgehead atoms. The van der Waals surface area contributed by atoms with Crippen molar-refractivity contribution in [2.24, 2.45) is 10.9 Å². The van der Waals surface area contributed by atoms with Crippen LogP contribution >= 0.6 is 24.0 Å². The van der Waals surface area contributed by atoms with Crippen molar-refractivity contribution in [1.82, 2.24) is 15.5 Å². The lowest BCUT2D eigenvalue weighted by molar-refractivity contribution is -0.123. The van der Waals surface area contributed by atoms with E-state index in [1.807, 2.05) is 32.2 Å². The summed E-state index contributed by atoms with van der Waals surface area (Å²) in [6.07, 6.45) is 2.40. The van der Waals surface area contributed by atoms with Crippen molar-refractivity contribution in [3.05, 3.63) is 23.8 Å². The Kier molecular flexibility index (Phi) is 11.0. The summed E-state index contributed by atoms with van der Waals surface area (Å²) in [6.45, 7) is 7.45. The topological polar surface area (TPSA) is 75.2 Å². The van der Waals surface area contributed by atoms with Gasteiger partial charge in [0.1, 0.15) is 0 Å². The van der Waals surface area contributed by atoms with Crippen molar-refractivity contribution in [2.45, 2.75) is 33.2 Å². The van der Waals surface area contributed by atoms with Gasteiger partial charge < -0.3 is 25.0 Å². The minimum absolute atomic E-state index is 0. The molecule has 0 aromatic heterocycles. The first kappa shape index (κ1) is 24.3. The first-order chi connectivity index (χ1) is 13.1. The number of likely N-dealkylation sites (tertiary alicyclic amines) is 1. The fourth-order valence-corrected chi connectivity index (χ4v) is 3.07. The normalized spacial score (nSPS) is 14.9. The SMILES string of the molecule is CCNC(=O)COc1ccc(CNC(=NC)N2CCC(C)CC2)cc1OC.I. The van der Waals surface area contributed by atoms with Crippen LogP contribution in [0.25, 0.3) is 0 Å². The molecule has 1 aliphatic rings. The summed E-state index contributed by atoms with van der Waals surface area (Å²) < 4.78 is 11.0. The van der Waals surface area contributed by atoms with Crippen LogP contribution in [0.3, 0.4) is 0 Å². The predicted molar refractivity (Wildman–Crippen MR) is 123 cm³/mol. The minimum Gasteiger partial charge on any atom is -0.493 e. The maximum Gasteiger partial charge on any atom is 0.257 e.